The van der Waals surface area contributed by atoms with Crippen molar-refractivity contribution in [1.29, 1.82) is 0 Å². The number of nitrogens with one attached hydrogen (secondary N) is 1. The topological polar surface area (TPSA) is 32.3 Å². The first kappa shape index (κ1) is 16.3. The summed E-state index contributed by atoms with van der Waals surface area (Å²) in [6, 6.07) is 15.6. The average molecular weight is 324 g/mol. The van der Waals surface area contributed by atoms with Crippen molar-refractivity contribution in [2.75, 3.05) is 6.61 Å². The van der Waals surface area contributed by atoms with Crippen LogP contribution in [0.15, 0.2) is 48.5 Å². The number of aliphatic hydroxyl groups excluding tert-OH is 1. The summed E-state index contributed by atoms with van der Waals surface area (Å²) in [7, 11) is 0. The van der Waals surface area contributed by atoms with Crippen LogP contribution in [0.5, 0.6) is 0 Å². The van der Waals surface area contributed by atoms with Gasteiger partial charge in [0.1, 0.15) is 0 Å². The maximum atomic E-state index is 9.58. The van der Waals surface area contributed by atoms with Crippen LogP contribution in [0.2, 0.25) is 10.0 Å². The van der Waals surface area contributed by atoms with E-state index in [1.807, 2.05) is 37.3 Å². The fourth-order valence-corrected chi connectivity index (χ4v) is 2.94. The molecule has 0 spiro atoms. The summed E-state index contributed by atoms with van der Waals surface area (Å²) in [6.45, 7) is 2.10. The van der Waals surface area contributed by atoms with Gasteiger partial charge < -0.3 is 10.4 Å². The minimum atomic E-state index is -0.0193. The zero-order chi connectivity index (χ0) is 15.2. The summed E-state index contributed by atoms with van der Waals surface area (Å²) in [5.74, 6) is 0. The van der Waals surface area contributed by atoms with Crippen molar-refractivity contribution >= 4 is 23.2 Å². The van der Waals surface area contributed by atoms with Gasteiger partial charge in [-0.05, 0) is 36.6 Å². The first-order valence-corrected chi connectivity index (χ1v) is 7.71. The lowest BCUT2D eigenvalue weighted by Gasteiger charge is -2.23. The van der Waals surface area contributed by atoms with E-state index >= 15 is 0 Å². The van der Waals surface area contributed by atoms with Crippen LogP contribution in [-0.2, 0) is 6.42 Å². The van der Waals surface area contributed by atoms with Gasteiger partial charge in [-0.15, -0.1) is 0 Å². The van der Waals surface area contributed by atoms with Crippen molar-refractivity contribution in [1.82, 2.24) is 5.32 Å². The molecule has 21 heavy (non-hydrogen) atoms. The van der Waals surface area contributed by atoms with E-state index in [0.717, 1.165) is 12.0 Å². The fraction of sp³-hybridized carbons (Fsp3) is 0.294. The van der Waals surface area contributed by atoms with E-state index in [0.29, 0.717) is 10.0 Å². The van der Waals surface area contributed by atoms with E-state index in [4.69, 9.17) is 23.2 Å². The number of hydrogen-bond acceptors (Lipinski definition) is 2. The fourth-order valence-electron chi connectivity index (χ4n) is 2.37. The van der Waals surface area contributed by atoms with Gasteiger partial charge in [0.25, 0.3) is 0 Å². The molecule has 2 aromatic carbocycles. The van der Waals surface area contributed by atoms with E-state index in [2.05, 4.69) is 17.4 Å². The molecule has 2 nitrogen and oxygen atoms in total. The normalized spacial score (nSPS) is 13.9. The Kier molecular flexibility index (Phi) is 6.07. The molecule has 0 saturated carbocycles. The van der Waals surface area contributed by atoms with Crippen LogP contribution in [0.3, 0.4) is 0 Å². The molecule has 112 valence electrons. The molecule has 0 heterocycles. The molecule has 0 aromatic heterocycles. The molecule has 2 rings (SSSR count). The van der Waals surface area contributed by atoms with E-state index in [1.165, 1.54) is 5.56 Å². The Morgan fingerprint density at radius 2 is 1.81 bits per heavy atom. The molecule has 0 radical (unpaired) electrons. The van der Waals surface area contributed by atoms with Crippen molar-refractivity contribution in [3.63, 3.8) is 0 Å². The standard InChI is InChI=1S/C17H19Cl2NO/c1-12(16-8-7-14(18)10-17(16)19)20-15(11-21)9-13-5-3-2-4-6-13/h2-8,10,12,15,20-21H,9,11H2,1H3. The number of benzene rings is 2. The largest absolute Gasteiger partial charge is 0.395 e. The predicted octanol–water partition coefficient (Wildman–Crippen LogP) is 4.25. The van der Waals surface area contributed by atoms with Crippen LogP contribution in [-0.4, -0.2) is 17.8 Å². The van der Waals surface area contributed by atoms with Crippen LogP contribution >= 0.6 is 23.2 Å². The Hall–Kier alpha value is -1.06. The Morgan fingerprint density at radius 1 is 1.10 bits per heavy atom. The summed E-state index contributed by atoms with van der Waals surface area (Å²) in [5, 5.41) is 14.3. The van der Waals surface area contributed by atoms with E-state index < -0.39 is 0 Å². The first-order chi connectivity index (χ1) is 10.1. The second-order valence-corrected chi connectivity index (χ2v) is 5.97. The monoisotopic (exact) mass is 323 g/mol. The van der Waals surface area contributed by atoms with Crippen molar-refractivity contribution < 1.29 is 5.11 Å². The van der Waals surface area contributed by atoms with Crippen LogP contribution in [0, 0.1) is 0 Å². The third kappa shape index (κ3) is 4.72. The number of aliphatic hydroxyl groups is 1. The summed E-state index contributed by atoms with van der Waals surface area (Å²) in [6.07, 6.45) is 0.771. The van der Waals surface area contributed by atoms with Crippen LogP contribution in [0.1, 0.15) is 24.1 Å². The number of halogens is 2. The molecule has 0 bridgehead atoms. The van der Waals surface area contributed by atoms with Gasteiger partial charge in [0.2, 0.25) is 0 Å². The summed E-state index contributed by atoms with van der Waals surface area (Å²) >= 11 is 12.1. The van der Waals surface area contributed by atoms with Crippen LogP contribution < -0.4 is 5.32 Å². The van der Waals surface area contributed by atoms with E-state index in [-0.39, 0.29) is 18.7 Å². The van der Waals surface area contributed by atoms with Gasteiger partial charge in [0.15, 0.2) is 0 Å². The van der Waals surface area contributed by atoms with Gasteiger partial charge in [-0.1, -0.05) is 59.6 Å². The Bertz CT molecular complexity index is 574. The molecular weight excluding hydrogens is 305 g/mol. The average Bonchev–Trinajstić information content (AvgIpc) is 2.47. The lowest BCUT2D eigenvalue weighted by Crippen LogP contribution is -2.36. The molecule has 2 N–H and O–H groups in total. The minimum Gasteiger partial charge on any atom is -0.395 e. The molecule has 0 saturated heterocycles. The zero-order valence-electron chi connectivity index (χ0n) is 11.9. The second-order valence-electron chi connectivity index (χ2n) is 5.12. The summed E-state index contributed by atoms with van der Waals surface area (Å²) in [5.41, 5.74) is 2.17. The predicted molar refractivity (Wildman–Crippen MR) is 89.0 cm³/mol. The molecule has 2 atom stereocenters. The van der Waals surface area contributed by atoms with Gasteiger partial charge in [-0.2, -0.15) is 0 Å². The van der Waals surface area contributed by atoms with E-state index in [1.54, 1.807) is 6.07 Å². The lowest BCUT2D eigenvalue weighted by molar-refractivity contribution is 0.232. The number of rotatable bonds is 6. The summed E-state index contributed by atoms with van der Waals surface area (Å²) in [4.78, 5) is 0. The van der Waals surface area contributed by atoms with Crippen LogP contribution in [0.4, 0.5) is 0 Å². The molecule has 0 aliphatic heterocycles. The van der Waals surface area contributed by atoms with E-state index in [9.17, 15) is 5.11 Å². The van der Waals surface area contributed by atoms with Gasteiger partial charge in [0.05, 0.1) is 6.61 Å². The highest BCUT2D eigenvalue weighted by molar-refractivity contribution is 6.35. The van der Waals surface area contributed by atoms with Crippen LogP contribution in [0.25, 0.3) is 0 Å². The quantitative estimate of drug-likeness (QED) is 0.833. The third-order valence-corrected chi connectivity index (χ3v) is 4.02. The SMILES string of the molecule is CC(NC(CO)Cc1ccccc1)c1ccc(Cl)cc1Cl. The maximum absolute atomic E-state index is 9.58. The molecule has 0 amide bonds. The first-order valence-electron chi connectivity index (χ1n) is 6.96. The van der Waals surface area contributed by atoms with Crippen molar-refractivity contribution in [3.05, 3.63) is 69.7 Å². The van der Waals surface area contributed by atoms with Crippen molar-refractivity contribution in [3.8, 4) is 0 Å². The zero-order valence-corrected chi connectivity index (χ0v) is 13.4. The Morgan fingerprint density at radius 3 is 2.43 bits per heavy atom. The molecule has 0 aliphatic rings. The summed E-state index contributed by atoms with van der Waals surface area (Å²) < 4.78 is 0. The maximum Gasteiger partial charge on any atom is 0.0588 e. The van der Waals surface area contributed by atoms with Crippen molar-refractivity contribution in [2.24, 2.45) is 0 Å². The van der Waals surface area contributed by atoms with Gasteiger partial charge in [-0.25, -0.2) is 0 Å². The highest BCUT2D eigenvalue weighted by atomic mass is 35.5. The minimum absolute atomic E-state index is 0.0193. The smallest absolute Gasteiger partial charge is 0.0588 e. The molecule has 2 unspecified atom stereocenters. The third-order valence-electron chi connectivity index (χ3n) is 3.46. The Balaban J connectivity index is 2.04. The molecule has 0 aliphatic carbocycles. The Labute approximate surface area is 135 Å². The molecule has 2 aromatic rings. The lowest BCUT2D eigenvalue weighted by atomic mass is 10.0. The van der Waals surface area contributed by atoms with Gasteiger partial charge in [-0.3, -0.25) is 0 Å². The molecule has 4 heteroatoms. The molecule has 0 fully saturated rings. The highest BCUT2D eigenvalue weighted by Crippen LogP contribution is 2.26. The molecular formula is C17H19Cl2NO. The highest BCUT2D eigenvalue weighted by Gasteiger charge is 2.15. The number of hydrogen-bond donors (Lipinski definition) is 2. The van der Waals surface area contributed by atoms with Crippen molar-refractivity contribution in [2.45, 2.75) is 25.4 Å². The second kappa shape index (κ2) is 7.81. The van der Waals surface area contributed by atoms with Gasteiger partial charge >= 0.3 is 0 Å². The van der Waals surface area contributed by atoms with Gasteiger partial charge in [0, 0.05) is 22.1 Å².